The van der Waals surface area contributed by atoms with Crippen LogP contribution in [0.1, 0.15) is 51.3 Å². The smallest absolute Gasteiger partial charge is 0.223 e. The van der Waals surface area contributed by atoms with Crippen LogP contribution >= 0.6 is 0 Å². The Morgan fingerprint density at radius 1 is 1.15 bits per heavy atom. The van der Waals surface area contributed by atoms with Crippen molar-refractivity contribution in [2.45, 2.75) is 53.2 Å². The Kier molecular flexibility index (Phi) is 6.21. The molecule has 0 radical (unpaired) electrons. The maximum Gasteiger partial charge on any atom is 0.223 e. The van der Waals surface area contributed by atoms with Crippen LogP contribution in [-0.2, 0) is 4.79 Å². The van der Waals surface area contributed by atoms with Crippen LogP contribution in [0.2, 0.25) is 0 Å². The fourth-order valence-electron chi connectivity index (χ4n) is 2.20. The van der Waals surface area contributed by atoms with Crippen molar-refractivity contribution in [1.82, 2.24) is 5.32 Å². The van der Waals surface area contributed by atoms with Gasteiger partial charge in [0.1, 0.15) is 0 Å². The second kappa shape index (κ2) is 7.44. The lowest BCUT2D eigenvalue weighted by Crippen LogP contribution is -2.35. The number of carbonyl (C=O) groups is 1. The average Bonchev–Trinajstić information content (AvgIpc) is 2.36. The van der Waals surface area contributed by atoms with Gasteiger partial charge in [-0.1, -0.05) is 52.0 Å². The number of rotatable bonds is 6. The molecule has 0 saturated heterocycles. The summed E-state index contributed by atoms with van der Waals surface area (Å²) in [6.45, 7) is 10.1. The Bertz CT molecular complexity index is 440. The van der Waals surface area contributed by atoms with Crippen LogP contribution < -0.4 is 5.32 Å². The van der Waals surface area contributed by atoms with E-state index in [1.165, 1.54) is 5.56 Å². The van der Waals surface area contributed by atoms with E-state index >= 15 is 0 Å². The third-order valence-electron chi connectivity index (χ3n) is 3.67. The van der Waals surface area contributed by atoms with Gasteiger partial charge in [-0.15, -0.1) is 0 Å². The van der Waals surface area contributed by atoms with Gasteiger partial charge in [-0.3, -0.25) is 4.79 Å². The van der Waals surface area contributed by atoms with Crippen molar-refractivity contribution in [1.29, 1.82) is 0 Å². The van der Waals surface area contributed by atoms with Gasteiger partial charge in [-0.25, -0.2) is 0 Å². The van der Waals surface area contributed by atoms with Gasteiger partial charge < -0.3 is 10.4 Å². The van der Waals surface area contributed by atoms with E-state index < -0.39 is 6.10 Å². The van der Waals surface area contributed by atoms with Crippen LogP contribution in [0.3, 0.4) is 0 Å². The number of hydrogen-bond donors (Lipinski definition) is 2. The van der Waals surface area contributed by atoms with Crippen LogP contribution in [0.4, 0.5) is 0 Å². The van der Waals surface area contributed by atoms with Gasteiger partial charge >= 0.3 is 0 Å². The molecule has 0 saturated carbocycles. The minimum absolute atomic E-state index is 0.0111. The number of benzene rings is 1. The Labute approximate surface area is 122 Å². The topological polar surface area (TPSA) is 49.3 Å². The molecule has 0 fully saturated rings. The maximum atomic E-state index is 12.1. The molecule has 0 aliphatic heterocycles. The Balaban J connectivity index is 2.79. The van der Waals surface area contributed by atoms with E-state index in [1.807, 2.05) is 26.0 Å². The van der Waals surface area contributed by atoms with Gasteiger partial charge in [-0.05, 0) is 29.9 Å². The molecule has 112 valence electrons. The summed E-state index contributed by atoms with van der Waals surface area (Å²) in [6, 6.07) is 8.09. The first-order valence-electron chi connectivity index (χ1n) is 7.35. The first-order valence-corrected chi connectivity index (χ1v) is 7.35. The van der Waals surface area contributed by atoms with Crippen LogP contribution in [0, 0.1) is 18.8 Å². The van der Waals surface area contributed by atoms with E-state index in [-0.39, 0.29) is 24.3 Å². The van der Waals surface area contributed by atoms with Gasteiger partial charge in [0.15, 0.2) is 0 Å². The number of nitrogens with one attached hydrogen (secondary N) is 1. The minimum atomic E-state index is -0.584. The Hall–Kier alpha value is -1.35. The van der Waals surface area contributed by atoms with Gasteiger partial charge in [-0.2, -0.15) is 0 Å². The highest BCUT2D eigenvalue weighted by molar-refractivity contribution is 5.77. The molecule has 1 amide bonds. The van der Waals surface area contributed by atoms with Crippen molar-refractivity contribution in [3.8, 4) is 0 Å². The van der Waals surface area contributed by atoms with Crippen molar-refractivity contribution in [3.63, 3.8) is 0 Å². The number of carbonyl (C=O) groups excluding carboxylic acids is 1. The third-order valence-corrected chi connectivity index (χ3v) is 3.67. The molecular weight excluding hydrogens is 250 g/mol. The summed E-state index contributed by atoms with van der Waals surface area (Å²) in [5, 5.41) is 12.9. The lowest BCUT2D eigenvalue weighted by molar-refractivity contribution is -0.124. The molecule has 0 spiro atoms. The fourth-order valence-corrected chi connectivity index (χ4v) is 2.20. The first kappa shape index (κ1) is 16.7. The van der Waals surface area contributed by atoms with E-state index in [4.69, 9.17) is 0 Å². The van der Waals surface area contributed by atoms with Crippen molar-refractivity contribution in [2.24, 2.45) is 11.8 Å². The fraction of sp³-hybridized carbons (Fsp3) is 0.588. The lowest BCUT2D eigenvalue weighted by atomic mass is 9.92. The summed E-state index contributed by atoms with van der Waals surface area (Å²) in [5.74, 6) is 0.307. The molecule has 0 bridgehead atoms. The zero-order valence-corrected chi connectivity index (χ0v) is 13.2. The predicted molar refractivity (Wildman–Crippen MR) is 82.4 cm³/mol. The summed E-state index contributed by atoms with van der Waals surface area (Å²) in [5.41, 5.74) is 2.32. The molecule has 0 aromatic heterocycles. The number of aryl methyl sites for hydroxylation is 1. The zero-order chi connectivity index (χ0) is 15.3. The number of aliphatic hydroxyl groups is 1. The van der Waals surface area contributed by atoms with Crippen molar-refractivity contribution in [3.05, 3.63) is 35.4 Å². The molecule has 1 aromatic carbocycles. The first-order chi connectivity index (χ1) is 9.32. The molecule has 1 aromatic rings. The standard InChI is InChI=1S/C17H27NO2/c1-11(2)15(19)10-16(20)18-17(12(3)4)14-9-7-6-8-13(14)5/h6-9,11-12,15,17,19H,10H2,1-5H3,(H,18,20). The monoisotopic (exact) mass is 277 g/mol. The quantitative estimate of drug-likeness (QED) is 0.839. The molecular formula is C17H27NO2. The molecule has 2 N–H and O–H groups in total. The number of amides is 1. The van der Waals surface area contributed by atoms with Crippen LogP contribution in [0.15, 0.2) is 24.3 Å². The normalized spacial score (nSPS) is 14.4. The van der Waals surface area contributed by atoms with Crippen molar-refractivity contribution in [2.75, 3.05) is 0 Å². The molecule has 20 heavy (non-hydrogen) atoms. The summed E-state index contributed by atoms with van der Waals surface area (Å²) >= 11 is 0. The second-order valence-electron chi connectivity index (χ2n) is 6.16. The molecule has 3 nitrogen and oxygen atoms in total. The Morgan fingerprint density at radius 3 is 2.25 bits per heavy atom. The van der Waals surface area contributed by atoms with Crippen molar-refractivity contribution >= 4 is 5.91 Å². The van der Waals surface area contributed by atoms with E-state index in [2.05, 4.69) is 38.2 Å². The molecule has 2 atom stereocenters. The number of aliphatic hydroxyl groups excluding tert-OH is 1. The van der Waals surface area contributed by atoms with Gasteiger partial charge in [0.25, 0.3) is 0 Å². The van der Waals surface area contributed by atoms with Crippen LogP contribution in [0.5, 0.6) is 0 Å². The van der Waals surface area contributed by atoms with Gasteiger partial charge in [0.2, 0.25) is 5.91 Å². The molecule has 0 aliphatic rings. The summed E-state index contributed by atoms with van der Waals surface area (Å²) in [6.07, 6.45) is -0.424. The van der Waals surface area contributed by atoms with E-state index in [9.17, 15) is 9.90 Å². The summed E-state index contributed by atoms with van der Waals surface area (Å²) in [4.78, 5) is 12.1. The zero-order valence-electron chi connectivity index (χ0n) is 13.2. The van der Waals surface area contributed by atoms with E-state index in [1.54, 1.807) is 0 Å². The van der Waals surface area contributed by atoms with Crippen molar-refractivity contribution < 1.29 is 9.90 Å². The molecule has 0 heterocycles. The predicted octanol–water partition coefficient (Wildman–Crippen LogP) is 3.22. The second-order valence-corrected chi connectivity index (χ2v) is 6.16. The minimum Gasteiger partial charge on any atom is -0.392 e. The van der Waals surface area contributed by atoms with Gasteiger partial charge in [0, 0.05) is 0 Å². The maximum absolute atomic E-state index is 12.1. The SMILES string of the molecule is Cc1ccccc1C(NC(=O)CC(O)C(C)C)C(C)C. The molecule has 1 rings (SSSR count). The van der Waals surface area contributed by atoms with Gasteiger partial charge in [0.05, 0.1) is 18.6 Å². The molecule has 3 heteroatoms. The van der Waals surface area contributed by atoms with Crippen LogP contribution in [0.25, 0.3) is 0 Å². The van der Waals surface area contributed by atoms with Crippen LogP contribution in [-0.4, -0.2) is 17.1 Å². The Morgan fingerprint density at radius 2 is 1.75 bits per heavy atom. The van der Waals surface area contributed by atoms with E-state index in [0.29, 0.717) is 5.92 Å². The highest BCUT2D eigenvalue weighted by Crippen LogP contribution is 2.24. The van der Waals surface area contributed by atoms with E-state index in [0.717, 1.165) is 5.56 Å². The molecule has 2 unspecified atom stereocenters. The third kappa shape index (κ3) is 4.64. The lowest BCUT2D eigenvalue weighted by Gasteiger charge is -2.25. The summed E-state index contributed by atoms with van der Waals surface area (Å²) in [7, 11) is 0. The molecule has 0 aliphatic carbocycles. The largest absolute Gasteiger partial charge is 0.392 e. The number of hydrogen-bond acceptors (Lipinski definition) is 2. The average molecular weight is 277 g/mol. The highest BCUT2D eigenvalue weighted by Gasteiger charge is 2.22. The summed E-state index contributed by atoms with van der Waals surface area (Å²) < 4.78 is 0. The highest BCUT2D eigenvalue weighted by atomic mass is 16.3.